The molecule has 6 heteroatoms. The first-order valence-electron chi connectivity index (χ1n) is 7.24. The largest absolute Gasteiger partial charge is 0.346 e. The molecule has 0 unspecified atom stereocenters. The molecule has 0 fully saturated rings. The molecule has 0 atom stereocenters. The Balaban J connectivity index is 1.85. The summed E-state index contributed by atoms with van der Waals surface area (Å²) < 4.78 is 0. The Kier molecular flexibility index (Phi) is 3.89. The maximum atomic E-state index is 12.4. The van der Waals surface area contributed by atoms with E-state index < -0.39 is 5.91 Å². The van der Waals surface area contributed by atoms with Crippen LogP contribution in [0.15, 0.2) is 41.3 Å². The summed E-state index contributed by atoms with van der Waals surface area (Å²) in [6, 6.07) is 9.00. The highest BCUT2D eigenvalue weighted by atomic mass is 16.2. The zero-order valence-corrected chi connectivity index (χ0v) is 12.9. The van der Waals surface area contributed by atoms with Gasteiger partial charge in [-0.25, -0.2) is 4.98 Å². The number of amides is 1. The van der Waals surface area contributed by atoms with Crippen molar-refractivity contribution in [2.45, 2.75) is 20.4 Å². The quantitative estimate of drug-likeness (QED) is 0.773. The molecule has 2 N–H and O–H groups in total. The summed E-state index contributed by atoms with van der Waals surface area (Å²) in [4.78, 5) is 36.1. The number of hydrogen-bond acceptors (Lipinski definition) is 4. The molecule has 0 radical (unpaired) electrons. The zero-order chi connectivity index (χ0) is 16.4. The number of carbonyl (C=O) groups is 1. The number of nitrogens with zero attached hydrogens (tertiary/aromatic N) is 2. The van der Waals surface area contributed by atoms with Gasteiger partial charge in [-0.15, -0.1) is 0 Å². The number of pyridine rings is 3. The van der Waals surface area contributed by atoms with Crippen LogP contribution >= 0.6 is 0 Å². The van der Waals surface area contributed by atoms with Gasteiger partial charge in [-0.1, -0.05) is 6.07 Å². The van der Waals surface area contributed by atoms with E-state index in [1.54, 1.807) is 12.1 Å². The summed E-state index contributed by atoms with van der Waals surface area (Å²) >= 11 is 0. The number of carbonyl (C=O) groups excluding carboxylic acids is 1. The first-order chi connectivity index (χ1) is 11.0. The molecule has 0 aliphatic carbocycles. The minimum atomic E-state index is -0.433. The van der Waals surface area contributed by atoms with Gasteiger partial charge >= 0.3 is 0 Å². The zero-order valence-electron chi connectivity index (χ0n) is 12.9. The van der Waals surface area contributed by atoms with Gasteiger partial charge in [0.05, 0.1) is 17.6 Å². The number of fused-ring (bicyclic) bond motifs is 1. The van der Waals surface area contributed by atoms with E-state index in [0.717, 1.165) is 17.1 Å². The van der Waals surface area contributed by atoms with E-state index in [4.69, 9.17) is 0 Å². The Bertz CT molecular complexity index is 947. The molecule has 0 bridgehead atoms. The molecule has 3 aromatic heterocycles. The first-order valence-corrected chi connectivity index (χ1v) is 7.24. The summed E-state index contributed by atoms with van der Waals surface area (Å²) in [5, 5.41) is 3.12. The van der Waals surface area contributed by atoms with Crippen molar-refractivity contribution in [2.24, 2.45) is 0 Å². The molecule has 0 aromatic carbocycles. The fourth-order valence-corrected chi connectivity index (χ4v) is 2.33. The van der Waals surface area contributed by atoms with E-state index in [9.17, 15) is 9.59 Å². The van der Waals surface area contributed by atoms with Crippen LogP contribution in [0, 0.1) is 13.8 Å². The van der Waals surface area contributed by atoms with E-state index in [0.29, 0.717) is 11.0 Å². The van der Waals surface area contributed by atoms with Gasteiger partial charge in [0.1, 0.15) is 11.2 Å². The topological polar surface area (TPSA) is 87.7 Å². The Morgan fingerprint density at radius 3 is 2.70 bits per heavy atom. The van der Waals surface area contributed by atoms with Crippen molar-refractivity contribution in [2.75, 3.05) is 0 Å². The number of aromatic nitrogens is 3. The maximum Gasteiger partial charge on any atom is 0.257 e. The second-order valence-corrected chi connectivity index (χ2v) is 5.33. The monoisotopic (exact) mass is 308 g/mol. The average molecular weight is 308 g/mol. The van der Waals surface area contributed by atoms with Crippen LogP contribution in [0.5, 0.6) is 0 Å². The van der Waals surface area contributed by atoms with Gasteiger partial charge in [-0.2, -0.15) is 0 Å². The molecular weight excluding hydrogens is 292 g/mol. The second kappa shape index (κ2) is 6.00. The normalized spacial score (nSPS) is 10.7. The van der Waals surface area contributed by atoms with Crippen molar-refractivity contribution < 1.29 is 4.79 Å². The highest BCUT2D eigenvalue weighted by Crippen LogP contribution is 2.07. The first kappa shape index (κ1) is 14.9. The number of aromatic amines is 1. The Morgan fingerprint density at radius 2 is 1.91 bits per heavy atom. The Morgan fingerprint density at radius 1 is 1.13 bits per heavy atom. The molecule has 1 amide bonds. The predicted octanol–water partition coefficient (Wildman–Crippen LogP) is 1.86. The van der Waals surface area contributed by atoms with E-state index >= 15 is 0 Å². The third-order valence-corrected chi connectivity index (χ3v) is 3.50. The number of rotatable bonds is 3. The fraction of sp³-hybridized carbons (Fsp3) is 0.176. The molecule has 116 valence electrons. The molecule has 3 rings (SSSR count). The van der Waals surface area contributed by atoms with Crippen molar-refractivity contribution >= 4 is 16.9 Å². The molecule has 6 nitrogen and oxygen atoms in total. The molecule has 0 spiro atoms. The smallest absolute Gasteiger partial charge is 0.257 e. The molecule has 0 saturated carbocycles. The molecule has 0 aliphatic rings. The molecule has 0 saturated heterocycles. The van der Waals surface area contributed by atoms with Crippen molar-refractivity contribution in [3.8, 4) is 0 Å². The fourth-order valence-electron chi connectivity index (χ4n) is 2.33. The van der Waals surface area contributed by atoms with Gasteiger partial charge < -0.3 is 10.3 Å². The highest BCUT2D eigenvalue weighted by molar-refractivity contribution is 5.96. The van der Waals surface area contributed by atoms with Crippen LogP contribution in [0.25, 0.3) is 11.0 Å². The number of hydrogen-bond donors (Lipinski definition) is 2. The summed E-state index contributed by atoms with van der Waals surface area (Å²) in [6.45, 7) is 3.99. The lowest BCUT2D eigenvalue weighted by Crippen LogP contribution is -2.29. The van der Waals surface area contributed by atoms with Gasteiger partial charge in [0, 0.05) is 17.6 Å². The Labute approximate surface area is 132 Å². The van der Waals surface area contributed by atoms with Crippen molar-refractivity contribution in [1.82, 2.24) is 20.3 Å². The summed E-state index contributed by atoms with van der Waals surface area (Å²) in [5.41, 5.74) is 2.63. The molecule has 3 aromatic rings. The van der Waals surface area contributed by atoms with Gasteiger partial charge in [0.2, 0.25) is 5.43 Å². The lowest BCUT2D eigenvalue weighted by atomic mass is 10.2. The van der Waals surface area contributed by atoms with Crippen molar-refractivity contribution in [1.29, 1.82) is 0 Å². The summed E-state index contributed by atoms with van der Waals surface area (Å²) in [5.74, 6) is -0.433. The Hall–Kier alpha value is -3.02. The van der Waals surface area contributed by atoms with Crippen LogP contribution in [0.3, 0.4) is 0 Å². The van der Waals surface area contributed by atoms with Crippen LogP contribution in [0.1, 0.15) is 27.4 Å². The van der Waals surface area contributed by atoms with Crippen LogP contribution in [0.4, 0.5) is 0 Å². The third-order valence-electron chi connectivity index (χ3n) is 3.50. The third kappa shape index (κ3) is 3.11. The van der Waals surface area contributed by atoms with Gasteiger partial charge in [-0.05, 0) is 38.1 Å². The summed E-state index contributed by atoms with van der Waals surface area (Å²) in [6.07, 6.45) is 1.40. The molecule has 0 aliphatic heterocycles. The van der Waals surface area contributed by atoms with E-state index in [1.165, 1.54) is 6.20 Å². The van der Waals surface area contributed by atoms with E-state index in [2.05, 4.69) is 20.3 Å². The van der Waals surface area contributed by atoms with Crippen LogP contribution in [0.2, 0.25) is 0 Å². The lowest BCUT2D eigenvalue weighted by molar-refractivity contribution is 0.0949. The predicted molar refractivity (Wildman–Crippen MR) is 87.2 cm³/mol. The maximum absolute atomic E-state index is 12.4. The van der Waals surface area contributed by atoms with Gasteiger partial charge in [-0.3, -0.25) is 14.6 Å². The van der Waals surface area contributed by atoms with Gasteiger partial charge in [0.15, 0.2) is 0 Å². The van der Waals surface area contributed by atoms with Gasteiger partial charge in [0.25, 0.3) is 5.91 Å². The highest BCUT2D eigenvalue weighted by Gasteiger charge is 2.13. The van der Waals surface area contributed by atoms with Crippen molar-refractivity contribution in [3.05, 3.63) is 69.4 Å². The second-order valence-electron chi connectivity index (χ2n) is 5.33. The minimum absolute atomic E-state index is 0.0656. The molecule has 3 heterocycles. The number of nitrogens with one attached hydrogen (secondary N) is 2. The van der Waals surface area contributed by atoms with Crippen LogP contribution in [-0.2, 0) is 6.54 Å². The van der Waals surface area contributed by atoms with E-state index in [-0.39, 0.29) is 17.5 Å². The summed E-state index contributed by atoms with van der Waals surface area (Å²) in [7, 11) is 0. The molecule has 23 heavy (non-hydrogen) atoms. The minimum Gasteiger partial charge on any atom is -0.346 e. The van der Waals surface area contributed by atoms with E-state index in [1.807, 2.05) is 32.0 Å². The number of H-pyrrole nitrogens is 1. The van der Waals surface area contributed by atoms with Crippen LogP contribution in [-0.4, -0.2) is 20.9 Å². The average Bonchev–Trinajstić information content (AvgIpc) is 2.53. The molecular formula is C17H16N4O2. The SMILES string of the molecule is Cc1cccc(CNC(=O)c2c[nH]c3nc(C)ccc3c2=O)n1. The number of aryl methyl sites for hydroxylation is 2. The lowest BCUT2D eigenvalue weighted by Gasteiger charge is -2.06. The van der Waals surface area contributed by atoms with Crippen molar-refractivity contribution in [3.63, 3.8) is 0 Å². The standard InChI is InChI=1S/C17H16N4O2/c1-10-4-3-5-12(20-10)8-19-17(23)14-9-18-16-13(15(14)22)7-6-11(2)21-16/h3-7,9H,8H2,1-2H3,(H,19,23)(H,18,21,22). The van der Waals surface area contributed by atoms with Crippen LogP contribution < -0.4 is 10.7 Å².